The Labute approximate surface area is 64.5 Å². The summed E-state index contributed by atoms with van der Waals surface area (Å²) in [6.07, 6.45) is -4.83. The van der Waals surface area contributed by atoms with Gasteiger partial charge in [-0.05, 0) is 12.1 Å². The average molecular weight is 181 g/mol. The van der Waals surface area contributed by atoms with Gasteiger partial charge in [-0.1, -0.05) is 0 Å². The molecule has 0 aliphatic heterocycles. The van der Waals surface area contributed by atoms with Gasteiger partial charge in [0.25, 0.3) is 0 Å². The number of pyridine rings is 1. The van der Waals surface area contributed by atoms with Gasteiger partial charge < -0.3 is 5.11 Å². The van der Waals surface area contributed by atoms with Crippen molar-refractivity contribution in [2.45, 2.75) is 6.18 Å². The molecule has 0 aliphatic carbocycles. The molecule has 1 heterocycles. The summed E-state index contributed by atoms with van der Waals surface area (Å²) in [6.45, 7) is 0. The highest BCUT2D eigenvalue weighted by Gasteiger charge is 2.36. The molecule has 2 nitrogen and oxygen atoms in total. The van der Waals surface area contributed by atoms with Gasteiger partial charge in [0, 0.05) is 0 Å². The van der Waals surface area contributed by atoms with E-state index in [1.807, 2.05) is 0 Å². The Kier molecular flexibility index (Phi) is 1.91. The Bertz CT molecular complexity index is 296. The molecule has 0 aliphatic rings. The van der Waals surface area contributed by atoms with Gasteiger partial charge in [0.05, 0.1) is 0 Å². The Morgan fingerprint density at radius 2 is 1.83 bits per heavy atom. The van der Waals surface area contributed by atoms with Crippen molar-refractivity contribution in [1.82, 2.24) is 4.98 Å². The molecule has 66 valence electrons. The predicted octanol–water partition coefficient (Wildman–Crippen LogP) is 1.95. The van der Waals surface area contributed by atoms with Gasteiger partial charge in [0.2, 0.25) is 5.95 Å². The van der Waals surface area contributed by atoms with Gasteiger partial charge in [0.15, 0.2) is 5.69 Å². The second-order valence-corrected chi connectivity index (χ2v) is 2.00. The Morgan fingerprint density at radius 3 is 2.25 bits per heavy atom. The number of alkyl halides is 3. The van der Waals surface area contributed by atoms with E-state index in [1.165, 1.54) is 0 Å². The molecule has 1 N–H and O–H groups in total. The number of hydrogen-bond donors (Lipinski definition) is 1. The maximum Gasteiger partial charge on any atom is 0.437 e. The molecule has 0 atom stereocenters. The van der Waals surface area contributed by atoms with Crippen LogP contribution in [0, 0.1) is 5.95 Å². The van der Waals surface area contributed by atoms with Crippen LogP contribution in [0.2, 0.25) is 0 Å². The Balaban J connectivity index is 3.23. The molecule has 0 fully saturated rings. The molecule has 1 aromatic heterocycles. The second-order valence-electron chi connectivity index (χ2n) is 2.00. The summed E-state index contributed by atoms with van der Waals surface area (Å²) in [5.41, 5.74) is -1.61. The molecular formula is C6H3F4NO. The van der Waals surface area contributed by atoms with Crippen LogP contribution in [0.4, 0.5) is 17.6 Å². The molecule has 1 aromatic rings. The van der Waals surface area contributed by atoms with E-state index in [1.54, 1.807) is 0 Å². The Morgan fingerprint density at radius 1 is 1.25 bits per heavy atom. The second kappa shape index (κ2) is 2.62. The number of aromatic hydroxyl groups is 1. The lowest BCUT2D eigenvalue weighted by Gasteiger charge is -2.06. The minimum Gasteiger partial charge on any atom is -0.506 e. The van der Waals surface area contributed by atoms with E-state index in [2.05, 4.69) is 4.98 Å². The zero-order chi connectivity index (χ0) is 9.35. The average Bonchev–Trinajstić information content (AvgIpc) is 1.92. The van der Waals surface area contributed by atoms with Crippen molar-refractivity contribution in [2.24, 2.45) is 0 Å². The summed E-state index contributed by atoms with van der Waals surface area (Å²) >= 11 is 0. The zero-order valence-corrected chi connectivity index (χ0v) is 5.56. The maximum absolute atomic E-state index is 12.2. The predicted molar refractivity (Wildman–Crippen MR) is 30.9 cm³/mol. The molecule has 0 amide bonds. The van der Waals surface area contributed by atoms with E-state index in [-0.39, 0.29) is 0 Å². The lowest BCUT2D eigenvalue weighted by Crippen LogP contribution is -2.09. The first-order valence-electron chi connectivity index (χ1n) is 2.84. The summed E-state index contributed by atoms with van der Waals surface area (Å²) in [7, 11) is 0. The highest BCUT2D eigenvalue weighted by atomic mass is 19.4. The SMILES string of the molecule is Oc1ccc(F)nc1C(F)(F)F. The number of aromatic nitrogens is 1. The van der Waals surface area contributed by atoms with E-state index in [9.17, 15) is 17.6 Å². The van der Waals surface area contributed by atoms with Gasteiger partial charge in [-0.3, -0.25) is 0 Å². The first-order valence-corrected chi connectivity index (χ1v) is 2.84. The minimum atomic E-state index is -4.83. The van der Waals surface area contributed by atoms with Crippen LogP contribution in [0.25, 0.3) is 0 Å². The summed E-state index contributed by atoms with van der Waals surface area (Å²) in [5, 5.41) is 8.62. The monoisotopic (exact) mass is 181 g/mol. The van der Waals surface area contributed by atoms with Crippen LogP contribution < -0.4 is 0 Å². The van der Waals surface area contributed by atoms with Gasteiger partial charge in [-0.25, -0.2) is 4.98 Å². The van der Waals surface area contributed by atoms with Gasteiger partial charge >= 0.3 is 6.18 Å². The normalized spacial score (nSPS) is 11.7. The molecule has 12 heavy (non-hydrogen) atoms. The highest BCUT2D eigenvalue weighted by molar-refractivity contribution is 5.27. The van der Waals surface area contributed by atoms with E-state index < -0.39 is 23.6 Å². The van der Waals surface area contributed by atoms with E-state index in [0.717, 1.165) is 0 Å². The lowest BCUT2D eigenvalue weighted by molar-refractivity contribution is -0.142. The third-order valence-electron chi connectivity index (χ3n) is 1.11. The number of rotatable bonds is 0. The van der Waals surface area contributed by atoms with Gasteiger partial charge in [-0.2, -0.15) is 17.6 Å². The fourth-order valence-corrected chi connectivity index (χ4v) is 0.637. The molecule has 0 aromatic carbocycles. The minimum absolute atomic E-state index is 0.602. The lowest BCUT2D eigenvalue weighted by atomic mass is 10.3. The molecule has 1 rings (SSSR count). The topological polar surface area (TPSA) is 33.1 Å². The molecular weight excluding hydrogens is 178 g/mol. The van der Waals surface area contributed by atoms with Crippen molar-refractivity contribution in [1.29, 1.82) is 0 Å². The van der Waals surface area contributed by atoms with E-state index in [0.29, 0.717) is 12.1 Å². The van der Waals surface area contributed by atoms with Crippen LogP contribution in [-0.2, 0) is 6.18 Å². The van der Waals surface area contributed by atoms with Crippen LogP contribution in [0.1, 0.15) is 5.69 Å². The number of hydrogen-bond acceptors (Lipinski definition) is 2. The van der Waals surface area contributed by atoms with Crippen LogP contribution >= 0.6 is 0 Å². The molecule has 6 heteroatoms. The summed E-state index contributed by atoms with van der Waals surface area (Å²) in [4.78, 5) is 2.50. The van der Waals surface area contributed by atoms with Crippen molar-refractivity contribution < 1.29 is 22.7 Å². The quantitative estimate of drug-likeness (QED) is 0.490. The van der Waals surface area contributed by atoms with Crippen LogP contribution in [0.5, 0.6) is 5.75 Å². The summed E-state index contributed by atoms with van der Waals surface area (Å²) < 4.78 is 47.7. The molecule has 0 unspecified atom stereocenters. The zero-order valence-electron chi connectivity index (χ0n) is 5.56. The van der Waals surface area contributed by atoms with Crippen LogP contribution in [0.3, 0.4) is 0 Å². The van der Waals surface area contributed by atoms with Crippen molar-refractivity contribution >= 4 is 0 Å². The van der Waals surface area contributed by atoms with E-state index >= 15 is 0 Å². The molecule has 0 radical (unpaired) electrons. The largest absolute Gasteiger partial charge is 0.506 e. The van der Waals surface area contributed by atoms with Crippen molar-refractivity contribution in [3.8, 4) is 5.75 Å². The van der Waals surface area contributed by atoms with Crippen molar-refractivity contribution in [3.05, 3.63) is 23.8 Å². The fraction of sp³-hybridized carbons (Fsp3) is 0.167. The van der Waals surface area contributed by atoms with Crippen molar-refractivity contribution in [3.63, 3.8) is 0 Å². The number of halogens is 4. The van der Waals surface area contributed by atoms with Crippen LogP contribution in [0.15, 0.2) is 12.1 Å². The third-order valence-corrected chi connectivity index (χ3v) is 1.11. The van der Waals surface area contributed by atoms with Gasteiger partial charge in [0.1, 0.15) is 5.75 Å². The summed E-state index contributed by atoms with van der Waals surface area (Å²) in [6, 6.07) is 1.25. The fourth-order valence-electron chi connectivity index (χ4n) is 0.637. The molecule has 0 saturated carbocycles. The summed E-state index contributed by atoms with van der Waals surface area (Å²) in [5.74, 6) is -2.36. The van der Waals surface area contributed by atoms with Crippen molar-refractivity contribution in [2.75, 3.05) is 0 Å². The maximum atomic E-state index is 12.2. The Hall–Kier alpha value is -1.33. The van der Waals surface area contributed by atoms with Gasteiger partial charge in [-0.15, -0.1) is 0 Å². The standard InChI is InChI=1S/C6H3F4NO/c7-4-2-1-3(12)5(11-4)6(8,9)10/h1-2,12H. The van der Waals surface area contributed by atoms with Crippen LogP contribution in [-0.4, -0.2) is 10.1 Å². The molecule has 0 bridgehead atoms. The first-order chi connectivity index (χ1) is 5.41. The smallest absolute Gasteiger partial charge is 0.437 e. The molecule has 0 saturated heterocycles. The highest BCUT2D eigenvalue weighted by Crippen LogP contribution is 2.33. The first kappa shape index (κ1) is 8.76. The molecule has 0 spiro atoms. The van der Waals surface area contributed by atoms with E-state index in [4.69, 9.17) is 5.11 Å². The number of nitrogens with zero attached hydrogens (tertiary/aromatic N) is 1. The third kappa shape index (κ3) is 1.63.